The summed E-state index contributed by atoms with van der Waals surface area (Å²) in [5.74, 6) is -0.0478. The van der Waals surface area contributed by atoms with Crippen LogP contribution in [0.2, 0.25) is 0 Å². The van der Waals surface area contributed by atoms with Gasteiger partial charge in [0.2, 0.25) is 5.91 Å². The van der Waals surface area contributed by atoms with Gasteiger partial charge >= 0.3 is 0 Å². The minimum Gasteiger partial charge on any atom is -0.325 e. The summed E-state index contributed by atoms with van der Waals surface area (Å²) in [4.78, 5) is 11.7. The van der Waals surface area contributed by atoms with E-state index in [0.29, 0.717) is 6.54 Å². The lowest BCUT2D eigenvalue weighted by molar-refractivity contribution is -0.115. The molecule has 2 aromatic rings. The Balaban J connectivity index is 1.66. The molecular formula is C14H17BrN4O. The van der Waals surface area contributed by atoms with Crippen molar-refractivity contribution in [2.24, 2.45) is 7.05 Å². The van der Waals surface area contributed by atoms with Gasteiger partial charge in [-0.3, -0.25) is 9.48 Å². The Morgan fingerprint density at radius 2 is 2.05 bits per heavy atom. The van der Waals surface area contributed by atoms with Crippen LogP contribution in [0.4, 0.5) is 5.69 Å². The van der Waals surface area contributed by atoms with Gasteiger partial charge in [0.1, 0.15) is 0 Å². The van der Waals surface area contributed by atoms with E-state index in [2.05, 4.69) is 31.7 Å². The minimum atomic E-state index is -0.0478. The highest BCUT2D eigenvalue weighted by atomic mass is 79.9. The molecule has 1 aromatic carbocycles. The fourth-order valence-corrected chi connectivity index (χ4v) is 2.02. The van der Waals surface area contributed by atoms with E-state index in [-0.39, 0.29) is 5.91 Å². The molecule has 0 spiro atoms. The summed E-state index contributed by atoms with van der Waals surface area (Å²) in [7, 11) is 1.89. The van der Waals surface area contributed by atoms with Gasteiger partial charge in [-0.15, -0.1) is 0 Å². The number of benzene rings is 1. The van der Waals surface area contributed by atoms with Crippen LogP contribution >= 0.6 is 15.9 Å². The van der Waals surface area contributed by atoms with E-state index < -0.39 is 0 Å². The van der Waals surface area contributed by atoms with Crippen LogP contribution in [-0.4, -0.2) is 28.8 Å². The van der Waals surface area contributed by atoms with E-state index in [0.717, 1.165) is 28.8 Å². The number of rotatable bonds is 6. The minimum absolute atomic E-state index is 0.0478. The van der Waals surface area contributed by atoms with Crippen LogP contribution in [0.1, 0.15) is 5.69 Å². The van der Waals surface area contributed by atoms with Gasteiger partial charge in [-0.05, 0) is 30.3 Å². The van der Waals surface area contributed by atoms with Gasteiger partial charge in [-0.2, -0.15) is 5.10 Å². The van der Waals surface area contributed by atoms with Crippen LogP contribution in [0.15, 0.2) is 41.0 Å². The first-order chi connectivity index (χ1) is 9.63. The highest BCUT2D eigenvalue weighted by Crippen LogP contribution is 2.13. The van der Waals surface area contributed by atoms with Crippen molar-refractivity contribution in [2.75, 3.05) is 18.4 Å². The maximum Gasteiger partial charge on any atom is 0.238 e. The summed E-state index contributed by atoms with van der Waals surface area (Å²) in [5.41, 5.74) is 1.82. The van der Waals surface area contributed by atoms with Crippen molar-refractivity contribution in [3.8, 4) is 0 Å². The average Bonchev–Trinajstić information content (AvgIpc) is 2.83. The molecule has 1 heterocycles. The van der Waals surface area contributed by atoms with Gasteiger partial charge in [0.15, 0.2) is 0 Å². The highest BCUT2D eigenvalue weighted by Gasteiger charge is 2.02. The van der Waals surface area contributed by atoms with Gasteiger partial charge in [-0.25, -0.2) is 0 Å². The molecule has 2 N–H and O–H groups in total. The SMILES string of the molecule is Cn1ccc(CCNCC(=O)Nc2ccc(Br)cc2)n1. The second-order valence-electron chi connectivity index (χ2n) is 4.46. The van der Waals surface area contributed by atoms with E-state index in [1.807, 2.05) is 43.6 Å². The number of carbonyl (C=O) groups excluding carboxylic acids is 1. The third kappa shape index (κ3) is 4.79. The fraction of sp³-hybridized carbons (Fsp3) is 0.286. The van der Waals surface area contributed by atoms with Crippen molar-refractivity contribution in [3.05, 3.63) is 46.7 Å². The molecule has 106 valence electrons. The molecule has 2 rings (SSSR count). The Morgan fingerprint density at radius 1 is 1.30 bits per heavy atom. The highest BCUT2D eigenvalue weighted by molar-refractivity contribution is 9.10. The first-order valence-electron chi connectivity index (χ1n) is 6.38. The quantitative estimate of drug-likeness (QED) is 0.792. The number of halogens is 1. The van der Waals surface area contributed by atoms with Gasteiger partial charge in [-0.1, -0.05) is 15.9 Å². The third-order valence-corrected chi connectivity index (χ3v) is 3.27. The number of hydrogen-bond donors (Lipinski definition) is 2. The molecule has 6 heteroatoms. The molecule has 0 aliphatic rings. The van der Waals surface area contributed by atoms with Crippen LogP contribution in [-0.2, 0) is 18.3 Å². The zero-order valence-corrected chi connectivity index (χ0v) is 12.9. The molecule has 0 fully saturated rings. The van der Waals surface area contributed by atoms with Crippen molar-refractivity contribution in [2.45, 2.75) is 6.42 Å². The molecule has 1 amide bonds. The van der Waals surface area contributed by atoms with E-state index in [9.17, 15) is 4.79 Å². The predicted octanol–water partition coefficient (Wildman–Crippen LogP) is 1.95. The van der Waals surface area contributed by atoms with Crippen molar-refractivity contribution in [1.29, 1.82) is 0 Å². The summed E-state index contributed by atoms with van der Waals surface area (Å²) in [6.45, 7) is 1.02. The van der Waals surface area contributed by atoms with Crippen molar-refractivity contribution < 1.29 is 4.79 Å². The number of anilines is 1. The Hall–Kier alpha value is -1.66. The summed E-state index contributed by atoms with van der Waals surface area (Å²) in [5, 5.41) is 10.2. The molecule has 0 aliphatic heterocycles. The Bertz CT molecular complexity index is 565. The second kappa shape index (κ2) is 7.21. The van der Waals surface area contributed by atoms with Crippen LogP contribution in [0, 0.1) is 0 Å². The Morgan fingerprint density at radius 3 is 2.70 bits per heavy atom. The lowest BCUT2D eigenvalue weighted by Gasteiger charge is -2.06. The van der Waals surface area contributed by atoms with Crippen LogP contribution in [0.3, 0.4) is 0 Å². The second-order valence-corrected chi connectivity index (χ2v) is 5.38. The van der Waals surface area contributed by atoms with Crippen molar-refractivity contribution >= 4 is 27.5 Å². The summed E-state index contributed by atoms with van der Waals surface area (Å²) >= 11 is 3.35. The Kier molecular flexibility index (Phi) is 5.31. The largest absolute Gasteiger partial charge is 0.325 e. The molecule has 0 radical (unpaired) electrons. The Labute approximate surface area is 126 Å². The smallest absolute Gasteiger partial charge is 0.238 e. The number of amides is 1. The molecule has 0 aliphatic carbocycles. The number of aryl methyl sites for hydroxylation is 1. The zero-order valence-electron chi connectivity index (χ0n) is 11.3. The number of carbonyl (C=O) groups is 1. The zero-order chi connectivity index (χ0) is 14.4. The molecule has 0 saturated carbocycles. The van der Waals surface area contributed by atoms with Gasteiger partial charge in [0.05, 0.1) is 12.2 Å². The van der Waals surface area contributed by atoms with Gasteiger partial charge in [0.25, 0.3) is 0 Å². The number of nitrogens with one attached hydrogen (secondary N) is 2. The van der Waals surface area contributed by atoms with Crippen LogP contribution in [0.25, 0.3) is 0 Å². The maximum absolute atomic E-state index is 11.7. The first-order valence-corrected chi connectivity index (χ1v) is 7.17. The van der Waals surface area contributed by atoms with Crippen molar-refractivity contribution in [3.63, 3.8) is 0 Å². The summed E-state index contributed by atoms with van der Waals surface area (Å²) in [6.07, 6.45) is 2.72. The third-order valence-electron chi connectivity index (χ3n) is 2.74. The molecule has 5 nitrogen and oxygen atoms in total. The maximum atomic E-state index is 11.7. The number of nitrogens with zero attached hydrogens (tertiary/aromatic N) is 2. The monoisotopic (exact) mass is 336 g/mol. The van der Waals surface area contributed by atoms with Crippen LogP contribution in [0.5, 0.6) is 0 Å². The summed E-state index contributed by atoms with van der Waals surface area (Å²) < 4.78 is 2.76. The van der Waals surface area contributed by atoms with E-state index >= 15 is 0 Å². The molecule has 0 saturated heterocycles. The van der Waals surface area contributed by atoms with Crippen LogP contribution < -0.4 is 10.6 Å². The number of aromatic nitrogens is 2. The molecule has 1 aromatic heterocycles. The lowest BCUT2D eigenvalue weighted by Crippen LogP contribution is -2.29. The summed E-state index contributed by atoms with van der Waals surface area (Å²) in [6, 6.07) is 9.48. The molecular weight excluding hydrogens is 320 g/mol. The molecule has 0 atom stereocenters. The molecule has 0 bridgehead atoms. The topological polar surface area (TPSA) is 59.0 Å². The standard InChI is InChI=1S/C14H17BrN4O/c1-19-9-7-13(18-19)6-8-16-10-14(20)17-12-4-2-11(15)3-5-12/h2-5,7,9,16H,6,8,10H2,1H3,(H,17,20). The lowest BCUT2D eigenvalue weighted by atomic mass is 10.3. The average molecular weight is 337 g/mol. The normalized spacial score (nSPS) is 10.5. The van der Waals surface area contributed by atoms with E-state index in [1.165, 1.54) is 0 Å². The van der Waals surface area contributed by atoms with Gasteiger partial charge < -0.3 is 10.6 Å². The molecule has 20 heavy (non-hydrogen) atoms. The van der Waals surface area contributed by atoms with Crippen molar-refractivity contribution in [1.82, 2.24) is 15.1 Å². The van der Waals surface area contributed by atoms with E-state index in [1.54, 1.807) is 4.68 Å². The van der Waals surface area contributed by atoms with E-state index in [4.69, 9.17) is 0 Å². The van der Waals surface area contributed by atoms with Gasteiger partial charge in [0, 0.05) is 36.4 Å². The number of hydrogen-bond acceptors (Lipinski definition) is 3. The fourth-order valence-electron chi connectivity index (χ4n) is 1.75. The predicted molar refractivity (Wildman–Crippen MR) is 82.6 cm³/mol. The first kappa shape index (κ1) is 14.7. The molecule has 0 unspecified atom stereocenters.